The van der Waals surface area contributed by atoms with Crippen molar-refractivity contribution < 1.29 is 13.5 Å². The van der Waals surface area contributed by atoms with Crippen LogP contribution in [-0.2, 0) is 15.8 Å². The van der Waals surface area contributed by atoms with Crippen molar-refractivity contribution in [2.75, 3.05) is 13.2 Å². The molecule has 0 amide bonds. The van der Waals surface area contributed by atoms with Gasteiger partial charge >= 0.3 is 0 Å². The van der Waals surface area contributed by atoms with E-state index in [0.717, 1.165) is 18.4 Å². The summed E-state index contributed by atoms with van der Waals surface area (Å²) >= 11 is 0. The lowest BCUT2D eigenvalue weighted by molar-refractivity contribution is 0.251. The molecule has 4 nitrogen and oxygen atoms in total. The first-order valence-corrected chi connectivity index (χ1v) is 8.34. The van der Waals surface area contributed by atoms with Crippen LogP contribution >= 0.6 is 0 Å². The highest BCUT2D eigenvalue weighted by Gasteiger charge is 2.14. The fourth-order valence-electron chi connectivity index (χ4n) is 2.03. The first-order chi connectivity index (χ1) is 9.07. The molecule has 0 aliphatic rings. The number of hydrogen-bond donors (Lipinski definition) is 2. The zero-order chi connectivity index (χ0) is 14.1. The standard InChI is InChI=1S/C14H23NO3S/c1-2-6-13(9-10-16)11-15-19(17,18)12-14-7-4-3-5-8-14/h3-5,7-8,13,15-16H,2,6,9-12H2,1H3. The third-order valence-electron chi connectivity index (χ3n) is 3.03. The Kier molecular flexibility index (Phi) is 7.05. The van der Waals surface area contributed by atoms with Crippen LogP contribution in [0, 0.1) is 5.92 Å². The molecule has 0 heterocycles. The van der Waals surface area contributed by atoms with E-state index in [2.05, 4.69) is 11.6 Å². The van der Waals surface area contributed by atoms with Crippen molar-refractivity contribution in [3.8, 4) is 0 Å². The molecule has 0 saturated heterocycles. The quantitative estimate of drug-likeness (QED) is 0.728. The normalized spacial score (nSPS) is 13.4. The molecular weight excluding hydrogens is 262 g/mol. The molecule has 0 fully saturated rings. The molecule has 5 heteroatoms. The van der Waals surface area contributed by atoms with Gasteiger partial charge in [-0.2, -0.15) is 0 Å². The van der Waals surface area contributed by atoms with E-state index in [1.54, 1.807) is 12.1 Å². The number of benzene rings is 1. The summed E-state index contributed by atoms with van der Waals surface area (Å²) < 4.78 is 26.5. The summed E-state index contributed by atoms with van der Waals surface area (Å²) in [5, 5.41) is 8.95. The number of hydrogen-bond acceptors (Lipinski definition) is 3. The Hall–Kier alpha value is -0.910. The molecule has 0 saturated carbocycles. The van der Waals surface area contributed by atoms with Crippen molar-refractivity contribution in [1.82, 2.24) is 4.72 Å². The van der Waals surface area contributed by atoms with E-state index in [1.165, 1.54) is 0 Å². The second-order valence-electron chi connectivity index (χ2n) is 4.76. The summed E-state index contributed by atoms with van der Waals surface area (Å²) in [7, 11) is -3.30. The summed E-state index contributed by atoms with van der Waals surface area (Å²) in [6.45, 7) is 2.57. The molecule has 0 aromatic heterocycles. The Bertz CT molecular complexity index is 439. The summed E-state index contributed by atoms with van der Waals surface area (Å²) in [5.41, 5.74) is 0.782. The summed E-state index contributed by atoms with van der Waals surface area (Å²) in [6, 6.07) is 9.13. The molecule has 0 bridgehead atoms. The fraction of sp³-hybridized carbons (Fsp3) is 0.571. The van der Waals surface area contributed by atoms with Crippen LogP contribution in [-0.4, -0.2) is 26.7 Å². The minimum Gasteiger partial charge on any atom is -0.396 e. The van der Waals surface area contributed by atoms with Crippen LogP contribution < -0.4 is 4.72 Å². The number of aliphatic hydroxyl groups is 1. The van der Waals surface area contributed by atoms with Gasteiger partial charge in [0.2, 0.25) is 10.0 Å². The van der Waals surface area contributed by atoms with Crippen LogP contribution in [0.15, 0.2) is 30.3 Å². The lowest BCUT2D eigenvalue weighted by Crippen LogP contribution is -2.30. The minimum atomic E-state index is -3.30. The highest BCUT2D eigenvalue weighted by Crippen LogP contribution is 2.11. The van der Waals surface area contributed by atoms with Gasteiger partial charge in [0.15, 0.2) is 0 Å². The number of sulfonamides is 1. The van der Waals surface area contributed by atoms with Crippen molar-refractivity contribution in [1.29, 1.82) is 0 Å². The van der Waals surface area contributed by atoms with Gasteiger partial charge in [-0.15, -0.1) is 0 Å². The maximum Gasteiger partial charge on any atom is 0.215 e. The Balaban J connectivity index is 2.50. The lowest BCUT2D eigenvalue weighted by atomic mass is 10.0. The van der Waals surface area contributed by atoms with E-state index in [9.17, 15) is 8.42 Å². The maximum atomic E-state index is 11.9. The van der Waals surface area contributed by atoms with E-state index < -0.39 is 10.0 Å². The molecule has 0 aliphatic heterocycles. The average molecular weight is 285 g/mol. The number of nitrogens with one attached hydrogen (secondary N) is 1. The van der Waals surface area contributed by atoms with Gasteiger partial charge < -0.3 is 5.11 Å². The molecule has 1 atom stereocenters. The Labute approximate surface area is 115 Å². The average Bonchev–Trinajstić information content (AvgIpc) is 2.37. The molecule has 1 rings (SSSR count). The SMILES string of the molecule is CCCC(CCO)CNS(=O)(=O)Cc1ccccc1. The molecule has 1 aromatic rings. The van der Waals surface area contributed by atoms with Gasteiger partial charge in [-0.25, -0.2) is 13.1 Å². The van der Waals surface area contributed by atoms with Crippen LogP contribution in [0.2, 0.25) is 0 Å². The van der Waals surface area contributed by atoms with E-state index in [1.807, 2.05) is 18.2 Å². The van der Waals surface area contributed by atoms with Crippen molar-refractivity contribution in [2.45, 2.75) is 31.9 Å². The predicted octanol–water partition coefficient (Wildman–Crippen LogP) is 1.90. The molecule has 2 N–H and O–H groups in total. The van der Waals surface area contributed by atoms with Gasteiger partial charge in [0.05, 0.1) is 5.75 Å². The molecule has 1 aromatic carbocycles. The van der Waals surface area contributed by atoms with E-state index in [0.29, 0.717) is 13.0 Å². The smallest absolute Gasteiger partial charge is 0.215 e. The molecule has 0 aliphatic carbocycles. The Morgan fingerprint density at radius 3 is 2.47 bits per heavy atom. The second kappa shape index (κ2) is 8.30. The summed E-state index contributed by atoms with van der Waals surface area (Å²) in [5.74, 6) is 0.215. The Morgan fingerprint density at radius 1 is 1.21 bits per heavy atom. The largest absolute Gasteiger partial charge is 0.396 e. The lowest BCUT2D eigenvalue weighted by Gasteiger charge is -2.15. The van der Waals surface area contributed by atoms with Gasteiger partial charge in [0.1, 0.15) is 0 Å². The zero-order valence-electron chi connectivity index (χ0n) is 11.4. The van der Waals surface area contributed by atoms with Gasteiger partial charge in [-0.3, -0.25) is 0 Å². The third-order valence-corrected chi connectivity index (χ3v) is 4.35. The van der Waals surface area contributed by atoms with E-state index >= 15 is 0 Å². The second-order valence-corrected chi connectivity index (χ2v) is 6.57. The van der Waals surface area contributed by atoms with Gasteiger partial charge in [-0.1, -0.05) is 43.7 Å². The molecule has 19 heavy (non-hydrogen) atoms. The van der Waals surface area contributed by atoms with Gasteiger partial charge in [0.25, 0.3) is 0 Å². The highest BCUT2D eigenvalue weighted by atomic mass is 32.2. The van der Waals surface area contributed by atoms with Crippen LogP contribution in [0.5, 0.6) is 0 Å². The first-order valence-electron chi connectivity index (χ1n) is 6.69. The van der Waals surface area contributed by atoms with Crippen molar-refractivity contribution in [3.05, 3.63) is 35.9 Å². The topological polar surface area (TPSA) is 66.4 Å². The van der Waals surface area contributed by atoms with Crippen LogP contribution in [0.1, 0.15) is 31.7 Å². The van der Waals surface area contributed by atoms with Crippen LogP contribution in [0.3, 0.4) is 0 Å². The summed E-state index contributed by atoms with van der Waals surface area (Å²) in [6.07, 6.45) is 2.56. The van der Waals surface area contributed by atoms with E-state index in [-0.39, 0.29) is 18.3 Å². The predicted molar refractivity (Wildman–Crippen MR) is 77.2 cm³/mol. The van der Waals surface area contributed by atoms with Gasteiger partial charge in [-0.05, 0) is 24.3 Å². The first kappa shape index (κ1) is 16.1. The van der Waals surface area contributed by atoms with Crippen molar-refractivity contribution in [3.63, 3.8) is 0 Å². The molecule has 0 radical (unpaired) electrons. The Morgan fingerprint density at radius 2 is 1.89 bits per heavy atom. The van der Waals surface area contributed by atoms with Crippen molar-refractivity contribution >= 4 is 10.0 Å². The minimum absolute atomic E-state index is 0.00576. The van der Waals surface area contributed by atoms with Crippen LogP contribution in [0.25, 0.3) is 0 Å². The number of aliphatic hydroxyl groups excluding tert-OH is 1. The van der Waals surface area contributed by atoms with E-state index in [4.69, 9.17) is 5.11 Å². The van der Waals surface area contributed by atoms with Crippen LogP contribution in [0.4, 0.5) is 0 Å². The third kappa shape index (κ3) is 6.71. The van der Waals surface area contributed by atoms with Gasteiger partial charge in [0, 0.05) is 13.2 Å². The fourth-order valence-corrected chi connectivity index (χ4v) is 3.25. The molecule has 0 spiro atoms. The monoisotopic (exact) mass is 285 g/mol. The zero-order valence-corrected chi connectivity index (χ0v) is 12.2. The molecule has 108 valence electrons. The highest BCUT2D eigenvalue weighted by molar-refractivity contribution is 7.88. The molecule has 1 unspecified atom stereocenters. The number of rotatable bonds is 9. The molecular formula is C14H23NO3S. The summed E-state index contributed by atoms with van der Waals surface area (Å²) in [4.78, 5) is 0. The maximum absolute atomic E-state index is 11.9. The van der Waals surface area contributed by atoms with Crippen molar-refractivity contribution in [2.24, 2.45) is 5.92 Å².